The van der Waals surface area contributed by atoms with E-state index in [1.54, 1.807) is 0 Å². The highest BCUT2D eigenvalue weighted by Gasteiger charge is 2.24. The summed E-state index contributed by atoms with van der Waals surface area (Å²) in [6, 6.07) is 9.49. The number of carbonyl (C=O) groups is 1. The lowest BCUT2D eigenvalue weighted by Crippen LogP contribution is -2.50. The first-order chi connectivity index (χ1) is 10.8. The molecule has 2 aliphatic heterocycles. The molecular weight excluding hydrogens is 280 g/mol. The quantitative estimate of drug-likeness (QED) is 0.821. The fourth-order valence-electron chi connectivity index (χ4n) is 3.03. The number of hydrogen-bond acceptors (Lipinski definition) is 4. The van der Waals surface area contributed by atoms with Gasteiger partial charge in [0.1, 0.15) is 5.75 Å². The molecule has 2 aliphatic rings. The summed E-state index contributed by atoms with van der Waals surface area (Å²) in [6.45, 7) is 6.52. The zero-order valence-corrected chi connectivity index (χ0v) is 12.9. The Morgan fingerprint density at radius 2 is 1.95 bits per heavy atom. The van der Waals surface area contributed by atoms with Gasteiger partial charge in [0.15, 0.2) is 6.61 Å². The van der Waals surface area contributed by atoms with Gasteiger partial charge in [-0.1, -0.05) is 18.2 Å². The molecule has 0 radical (unpaired) electrons. The summed E-state index contributed by atoms with van der Waals surface area (Å²) in [6.07, 6.45) is 1.17. The minimum atomic E-state index is 0.0766. The highest BCUT2D eigenvalue weighted by molar-refractivity contribution is 5.77. The van der Waals surface area contributed by atoms with Crippen molar-refractivity contribution in [2.24, 2.45) is 5.92 Å². The van der Waals surface area contributed by atoms with E-state index in [1.165, 1.54) is 6.42 Å². The van der Waals surface area contributed by atoms with Crippen molar-refractivity contribution in [1.82, 2.24) is 9.80 Å². The third kappa shape index (κ3) is 4.21. The maximum Gasteiger partial charge on any atom is 0.260 e. The number of benzene rings is 1. The minimum absolute atomic E-state index is 0.0766. The predicted molar refractivity (Wildman–Crippen MR) is 83.9 cm³/mol. The van der Waals surface area contributed by atoms with E-state index in [0.29, 0.717) is 5.92 Å². The van der Waals surface area contributed by atoms with Crippen LogP contribution in [0.15, 0.2) is 30.3 Å². The normalized spacial score (nSPS) is 22.7. The van der Waals surface area contributed by atoms with E-state index in [9.17, 15) is 4.79 Å². The van der Waals surface area contributed by atoms with Crippen LogP contribution < -0.4 is 4.74 Å². The number of amides is 1. The Bertz CT molecular complexity index is 466. The van der Waals surface area contributed by atoms with Gasteiger partial charge in [-0.25, -0.2) is 0 Å². The van der Waals surface area contributed by atoms with Crippen molar-refractivity contribution in [2.75, 3.05) is 52.5 Å². The van der Waals surface area contributed by atoms with Gasteiger partial charge in [0.2, 0.25) is 0 Å². The Labute approximate surface area is 131 Å². The largest absolute Gasteiger partial charge is 0.484 e. The lowest BCUT2D eigenvalue weighted by molar-refractivity contribution is -0.135. The first kappa shape index (κ1) is 15.3. The number of carbonyl (C=O) groups excluding carboxylic acids is 1. The number of piperazine rings is 1. The van der Waals surface area contributed by atoms with Crippen LogP contribution in [0.3, 0.4) is 0 Å². The standard InChI is InChI=1S/C17H24N2O3/c20-17(14-22-16-4-2-1-3-5-16)19-9-7-18(8-10-19)12-15-6-11-21-13-15/h1-5,15H,6-14H2/t15-/m1/s1. The summed E-state index contributed by atoms with van der Waals surface area (Å²) in [4.78, 5) is 16.5. The van der Waals surface area contributed by atoms with Crippen LogP contribution in [0.1, 0.15) is 6.42 Å². The van der Waals surface area contributed by atoms with E-state index in [0.717, 1.165) is 51.7 Å². The van der Waals surface area contributed by atoms with Crippen molar-refractivity contribution in [3.05, 3.63) is 30.3 Å². The summed E-state index contributed by atoms with van der Waals surface area (Å²) in [5.74, 6) is 1.49. The second-order valence-electron chi connectivity index (χ2n) is 6.01. The van der Waals surface area contributed by atoms with Crippen LogP contribution in [0.2, 0.25) is 0 Å². The highest BCUT2D eigenvalue weighted by atomic mass is 16.5. The Balaban J connectivity index is 1.38. The van der Waals surface area contributed by atoms with Gasteiger partial charge in [0.25, 0.3) is 5.91 Å². The number of hydrogen-bond donors (Lipinski definition) is 0. The molecule has 2 fully saturated rings. The average molecular weight is 304 g/mol. The number of nitrogens with zero attached hydrogens (tertiary/aromatic N) is 2. The molecule has 120 valence electrons. The van der Waals surface area contributed by atoms with Crippen molar-refractivity contribution in [1.29, 1.82) is 0 Å². The fourth-order valence-corrected chi connectivity index (χ4v) is 3.03. The van der Waals surface area contributed by atoms with Gasteiger partial charge < -0.3 is 14.4 Å². The van der Waals surface area contributed by atoms with E-state index in [4.69, 9.17) is 9.47 Å². The molecule has 22 heavy (non-hydrogen) atoms. The van der Waals surface area contributed by atoms with Crippen molar-refractivity contribution in [3.8, 4) is 5.75 Å². The SMILES string of the molecule is O=C(COc1ccccc1)N1CCN(C[C@H]2CCOC2)CC1. The Morgan fingerprint density at radius 3 is 2.64 bits per heavy atom. The van der Waals surface area contributed by atoms with Crippen molar-refractivity contribution in [2.45, 2.75) is 6.42 Å². The zero-order valence-electron chi connectivity index (χ0n) is 12.9. The molecule has 0 spiro atoms. The molecule has 2 saturated heterocycles. The molecule has 0 saturated carbocycles. The predicted octanol–water partition coefficient (Wildman–Crippen LogP) is 1.25. The molecule has 1 aromatic carbocycles. The van der Waals surface area contributed by atoms with Gasteiger partial charge in [-0.05, 0) is 24.5 Å². The Kier molecular flexibility index (Phi) is 5.29. The molecule has 5 heteroatoms. The maximum absolute atomic E-state index is 12.2. The molecule has 0 N–H and O–H groups in total. The van der Waals surface area contributed by atoms with Crippen LogP contribution in [0.25, 0.3) is 0 Å². The molecule has 2 heterocycles. The van der Waals surface area contributed by atoms with Crippen LogP contribution in [0.5, 0.6) is 5.75 Å². The van der Waals surface area contributed by atoms with Crippen molar-refractivity contribution < 1.29 is 14.3 Å². The summed E-state index contributed by atoms with van der Waals surface area (Å²) in [5, 5.41) is 0. The number of rotatable bonds is 5. The highest BCUT2D eigenvalue weighted by Crippen LogP contribution is 2.15. The fraction of sp³-hybridized carbons (Fsp3) is 0.588. The third-order valence-electron chi connectivity index (χ3n) is 4.37. The van der Waals surface area contributed by atoms with Gasteiger partial charge in [0, 0.05) is 39.3 Å². The maximum atomic E-state index is 12.2. The first-order valence-electron chi connectivity index (χ1n) is 8.07. The van der Waals surface area contributed by atoms with E-state index in [1.807, 2.05) is 35.2 Å². The number of para-hydroxylation sites is 1. The second kappa shape index (κ2) is 7.61. The Hall–Kier alpha value is -1.59. The van der Waals surface area contributed by atoms with Gasteiger partial charge in [0.05, 0.1) is 6.61 Å². The summed E-state index contributed by atoms with van der Waals surface area (Å²) in [5.41, 5.74) is 0. The second-order valence-corrected chi connectivity index (χ2v) is 6.01. The molecule has 1 aromatic rings. The molecule has 0 aromatic heterocycles. The number of ether oxygens (including phenoxy) is 2. The molecule has 1 atom stereocenters. The van der Waals surface area contributed by atoms with Gasteiger partial charge in [-0.15, -0.1) is 0 Å². The smallest absolute Gasteiger partial charge is 0.260 e. The summed E-state index contributed by atoms with van der Waals surface area (Å²) >= 11 is 0. The van der Waals surface area contributed by atoms with Crippen LogP contribution in [0, 0.1) is 5.92 Å². The molecule has 3 rings (SSSR count). The summed E-state index contributed by atoms with van der Waals surface area (Å²) < 4.78 is 11.0. The van der Waals surface area contributed by atoms with Crippen molar-refractivity contribution >= 4 is 5.91 Å². The summed E-state index contributed by atoms with van der Waals surface area (Å²) in [7, 11) is 0. The Morgan fingerprint density at radius 1 is 1.18 bits per heavy atom. The van der Waals surface area contributed by atoms with E-state index < -0.39 is 0 Å². The van der Waals surface area contributed by atoms with E-state index in [2.05, 4.69) is 4.90 Å². The molecule has 0 aliphatic carbocycles. The lowest BCUT2D eigenvalue weighted by atomic mass is 10.1. The zero-order chi connectivity index (χ0) is 15.2. The van der Waals surface area contributed by atoms with Crippen molar-refractivity contribution in [3.63, 3.8) is 0 Å². The van der Waals surface area contributed by atoms with Crippen LogP contribution in [-0.4, -0.2) is 68.3 Å². The average Bonchev–Trinajstić information content (AvgIpc) is 3.07. The third-order valence-corrected chi connectivity index (χ3v) is 4.37. The van der Waals surface area contributed by atoms with Gasteiger partial charge in [-0.3, -0.25) is 9.69 Å². The van der Waals surface area contributed by atoms with E-state index >= 15 is 0 Å². The van der Waals surface area contributed by atoms with E-state index in [-0.39, 0.29) is 12.5 Å². The topological polar surface area (TPSA) is 42.0 Å². The first-order valence-corrected chi connectivity index (χ1v) is 8.07. The van der Waals surface area contributed by atoms with Crippen LogP contribution >= 0.6 is 0 Å². The molecule has 0 bridgehead atoms. The molecule has 5 nitrogen and oxygen atoms in total. The minimum Gasteiger partial charge on any atom is -0.484 e. The van der Waals surface area contributed by atoms with Gasteiger partial charge in [-0.2, -0.15) is 0 Å². The molecule has 1 amide bonds. The van der Waals surface area contributed by atoms with Crippen LogP contribution in [-0.2, 0) is 9.53 Å². The molecule has 0 unspecified atom stereocenters. The van der Waals surface area contributed by atoms with Crippen LogP contribution in [0.4, 0.5) is 0 Å². The molecular formula is C17H24N2O3. The van der Waals surface area contributed by atoms with Gasteiger partial charge >= 0.3 is 0 Å². The monoisotopic (exact) mass is 304 g/mol. The lowest BCUT2D eigenvalue weighted by Gasteiger charge is -2.35.